The van der Waals surface area contributed by atoms with Gasteiger partial charge in [0.15, 0.2) is 0 Å². The van der Waals surface area contributed by atoms with Crippen LogP contribution in [-0.4, -0.2) is 63.4 Å². The highest BCUT2D eigenvalue weighted by atomic mass is 19.4. The van der Waals surface area contributed by atoms with Crippen molar-refractivity contribution in [1.29, 1.82) is 0 Å². The normalized spacial score (nSPS) is 19.7. The molecular weight excluding hydrogens is 557 g/mol. The monoisotopic (exact) mass is 592 g/mol. The molecule has 1 fully saturated rings. The van der Waals surface area contributed by atoms with Crippen LogP contribution in [0.4, 0.5) is 18.9 Å². The van der Waals surface area contributed by atoms with Crippen molar-refractivity contribution in [2.75, 3.05) is 38.0 Å². The van der Waals surface area contributed by atoms with Gasteiger partial charge in [0.05, 0.1) is 17.1 Å². The summed E-state index contributed by atoms with van der Waals surface area (Å²) in [6, 6.07) is 9.71. The topological polar surface area (TPSA) is 86.4 Å². The zero-order valence-corrected chi connectivity index (χ0v) is 24.2. The van der Waals surface area contributed by atoms with Gasteiger partial charge < -0.3 is 19.9 Å². The molecule has 1 aliphatic carbocycles. The number of halogens is 3. The highest BCUT2D eigenvalue weighted by Crippen LogP contribution is 2.38. The SMILES string of the molecule is CCN1CCN(Cc2ccc(NC(=O)C3Cc4cc(Oc5ccnc6[nH]ccc56)cnc4C(C)C3)cc2C(F)(F)F)CC1. The highest BCUT2D eigenvalue weighted by molar-refractivity contribution is 5.93. The predicted octanol–water partition coefficient (Wildman–Crippen LogP) is 6.21. The number of H-pyrrole nitrogens is 1. The number of carbonyl (C=O) groups excluding carboxylic acids is 1. The lowest BCUT2D eigenvalue weighted by molar-refractivity contribution is -0.138. The molecule has 43 heavy (non-hydrogen) atoms. The van der Waals surface area contributed by atoms with Gasteiger partial charge in [0.25, 0.3) is 0 Å². The molecule has 4 aromatic rings. The molecule has 0 spiro atoms. The minimum Gasteiger partial charge on any atom is -0.455 e. The van der Waals surface area contributed by atoms with Crippen molar-refractivity contribution in [3.8, 4) is 11.5 Å². The third-order valence-corrected chi connectivity index (χ3v) is 8.56. The number of anilines is 1. The summed E-state index contributed by atoms with van der Waals surface area (Å²) >= 11 is 0. The van der Waals surface area contributed by atoms with E-state index in [4.69, 9.17) is 4.74 Å². The van der Waals surface area contributed by atoms with Crippen molar-refractivity contribution in [2.24, 2.45) is 5.92 Å². The number of benzene rings is 1. The maximum Gasteiger partial charge on any atom is 0.416 e. The molecule has 2 N–H and O–H groups in total. The third kappa shape index (κ3) is 6.37. The smallest absolute Gasteiger partial charge is 0.416 e. The Morgan fingerprint density at radius 2 is 1.88 bits per heavy atom. The molecule has 6 rings (SSSR count). The van der Waals surface area contributed by atoms with Crippen molar-refractivity contribution >= 4 is 22.6 Å². The second-order valence-corrected chi connectivity index (χ2v) is 11.5. The number of hydrogen-bond donors (Lipinski definition) is 2. The molecule has 226 valence electrons. The number of ether oxygens (including phenoxy) is 1. The summed E-state index contributed by atoms with van der Waals surface area (Å²) in [6.45, 7) is 8.41. The lowest BCUT2D eigenvalue weighted by atomic mass is 9.80. The van der Waals surface area contributed by atoms with Gasteiger partial charge in [-0.25, -0.2) is 4.98 Å². The number of likely N-dealkylation sites (N-methyl/N-ethyl adjacent to an activating group) is 1. The number of pyridine rings is 2. The zero-order valence-electron chi connectivity index (χ0n) is 24.2. The van der Waals surface area contributed by atoms with Crippen molar-refractivity contribution in [1.82, 2.24) is 24.8 Å². The predicted molar refractivity (Wildman–Crippen MR) is 158 cm³/mol. The summed E-state index contributed by atoms with van der Waals surface area (Å²) in [5, 5.41) is 3.61. The molecule has 0 bridgehead atoms. The first-order valence-electron chi connectivity index (χ1n) is 14.7. The number of nitrogens with zero attached hydrogens (tertiary/aromatic N) is 4. The Labute approximate surface area is 248 Å². The number of aromatic nitrogens is 3. The average Bonchev–Trinajstić information content (AvgIpc) is 3.48. The molecule has 1 amide bonds. The molecule has 1 aliphatic heterocycles. The number of alkyl halides is 3. The summed E-state index contributed by atoms with van der Waals surface area (Å²) in [7, 11) is 0. The van der Waals surface area contributed by atoms with Gasteiger partial charge >= 0.3 is 6.18 Å². The summed E-state index contributed by atoms with van der Waals surface area (Å²) in [4.78, 5) is 29.7. The molecule has 8 nitrogen and oxygen atoms in total. The van der Waals surface area contributed by atoms with E-state index < -0.39 is 17.7 Å². The Hall–Kier alpha value is -3.96. The fourth-order valence-corrected chi connectivity index (χ4v) is 6.21. The van der Waals surface area contributed by atoms with Crippen LogP contribution in [0.1, 0.15) is 48.6 Å². The summed E-state index contributed by atoms with van der Waals surface area (Å²) in [6.07, 6.45) is 1.57. The van der Waals surface area contributed by atoms with E-state index in [1.165, 1.54) is 6.07 Å². The molecule has 4 heterocycles. The van der Waals surface area contributed by atoms with Gasteiger partial charge in [-0.1, -0.05) is 19.9 Å². The minimum atomic E-state index is -4.53. The van der Waals surface area contributed by atoms with E-state index >= 15 is 0 Å². The first kappa shape index (κ1) is 29.1. The van der Waals surface area contributed by atoms with Crippen molar-refractivity contribution in [3.63, 3.8) is 0 Å². The van der Waals surface area contributed by atoms with Crippen LogP contribution in [0.5, 0.6) is 11.5 Å². The van der Waals surface area contributed by atoms with Crippen LogP contribution in [0.15, 0.2) is 55.0 Å². The van der Waals surface area contributed by atoms with Crippen LogP contribution < -0.4 is 10.1 Å². The average molecular weight is 593 g/mol. The maximum atomic E-state index is 14.1. The van der Waals surface area contributed by atoms with Crippen LogP contribution in [0, 0.1) is 5.92 Å². The zero-order chi connectivity index (χ0) is 30.1. The lowest BCUT2D eigenvalue weighted by Crippen LogP contribution is -2.45. The second-order valence-electron chi connectivity index (χ2n) is 11.5. The summed E-state index contributed by atoms with van der Waals surface area (Å²) < 4.78 is 48.4. The number of fused-ring (bicyclic) bond motifs is 2. The van der Waals surface area contributed by atoms with Crippen molar-refractivity contribution in [3.05, 3.63) is 77.4 Å². The van der Waals surface area contributed by atoms with E-state index in [9.17, 15) is 18.0 Å². The second kappa shape index (κ2) is 12.0. The number of rotatable bonds is 7. The molecule has 2 atom stereocenters. The van der Waals surface area contributed by atoms with E-state index in [2.05, 4.69) is 37.0 Å². The number of aromatic amines is 1. The van der Waals surface area contributed by atoms with Crippen LogP contribution in [-0.2, 0) is 23.9 Å². The third-order valence-electron chi connectivity index (χ3n) is 8.56. The van der Waals surface area contributed by atoms with Gasteiger partial charge in [-0.05, 0) is 66.8 Å². The van der Waals surface area contributed by atoms with Crippen LogP contribution in [0.3, 0.4) is 0 Å². The lowest BCUT2D eigenvalue weighted by Gasteiger charge is -2.34. The first-order valence-corrected chi connectivity index (χ1v) is 14.7. The Morgan fingerprint density at radius 1 is 1.09 bits per heavy atom. The summed E-state index contributed by atoms with van der Waals surface area (Å²) in [5.74, 6) is 0.469. The first-order chi connectivity index (χ1) is 20.7. The van der Waals surface area contributed by atoms with Gasteiger partial charge in [-0.2, -0.15) is 13.2 Å². The van der Waals surface area contributed by atoms with Gasteiger partial charge in [0.2, 0.25) is 5.91 Å². The standard InChI is InChI=1S/C32H35F3N6O2/c1-3-40-10-12-41(13-11-40)19-21-4-5-24(17-27(21)32(33,34)35)39-31(42)23-14-20(2)29-22(15-23)16-25(18-38-29)43-28-7-9-37-30-26(28)6-8-36-30/h4-9,16-18,20,23H,3,10-15,19H2,1-2H3,(H,36,37)(H,39,42). The minimum absolute atomic E-state index is 0.00661. The van der Waals surface area contributed by atoms with Crippen LogP contribution in [0.2, 0.25) is 0 Å². The van der Waals surface area contributed by atoms with Crippen LogP contribution in [0.25, 0.3) is 11.0 Å². The Balaban J connectivity index is 1.16. The van der Waals surface area contributed by atoms with E-state index in [-0.39, 0.29) is 29.6 Å². The van der Waals surface area contributed by atoms with E-state index in [1.54, 1.807) is 30.7 Å². The van der Waals surface area contributed by atoms with Crippen LogP contribution >= 0.6 is 0 Å². The molecule has 0 saturated carbocycles. The Morgan fingerprint density at radius 3 is 2.65 bits per heavy atom. The quantitative estimate of drug-likeness (QED) is 0.265. The molecule has 1 saturated heterocycles. The summed E-state index contributed by atoms with van der Waals surface area (Å²) in [5.41, 5.74) is 2.18. The van der Waals surface area contributed by atoms with Gasteiger partial charge in [0, 0.05) is 62.4 Å². The Bertz CT molecular complexity index is 1610. The van der Waals surface area contributed by atoms with Gasteiger partial charge in [-0.3, -0.25) is 14.7 Å². The molecule has 0 radical (unpaired) electrons. The number of piperazine rings is 1. The highest BCUT2D eigenvalue weighted by Gasteiger charge is 2.35. The van der Waals surface area contributed by atoms with Gasteiger partial charge in [0.1, 0.15) is 17.1 Å². The largest absolute Gasteiger partial charge is 0.455 e. The fraction of sp³-hybridized carbons (Fsp3) is 0.406. The van der Waals surface area contributed by atoms with E-state index in [0.717, 1.165) is 55.4 Å². The van der Waals surface area contributed by atoms with Gasteiger partial charge in [-0.15, -0.1) is 0 Å². The molecule has 2 aliphatic rings. The Kier molecular flexibility index (Phi) is 8.11. The number of nitrogens with one attached hydrogen (secondary N) is 2. The van der Waals surface area contributed by atoms with Crippen molar-refractivity contribution in [2.45, 2.75) is 45.3 Å². The van der Waals surface area contributed by atoms with E-state index in [0.29, 0.717) is 30.0 Å². The van der Waals surface area contributed by atoms with Crippen molar-refractivity contribution < 1.29 is 22.7 Å². The molecule has 1 aromatic carbocycles. The maximum absolute atomic E-state index is 14.1. The molecule has 2 unspecified atom stereocenters. The fourth-order valence-electron chi connectivity index (χ4n) is 6.21. The molecule has 3 aromatic heterocycles. The molecular formula is C32H35F3N6O2. The molecule has 11 heteroatoms. The van der Waals surface area contributed by atoms with E-state index in [1.807, 2.05) is 19.1 Å². The number of amides is 1. The number of carbonyl (C=O) groups is 1. The number of hydrogen-bond acceptors (Lipinski definition) is 6.